The molecule has 3 aromatic carbocycles. The molecule has 3 aromatic rings. The molecule has 2 aliphatic heterocycles. The summed E-state index contributed by atoms with van der Waals surface area (Å²) in [6, 6.07) is 20.8. The van der Waals surface area contributed by atoms with Gasteiger partial charge in [-0.1, -0.05) is 62.4 Å². The number of aryl methyl sites for hydroxylation is 1. The van der Waals surface area contributed by atoms with Gasteiger partial charge in [0.25, 0.3) is 5.91 Å². The number of carbonyl (C=O) groups is 1. The quantitative estimate of drug-likeness (QED) is 0.451. The summed E-state index contributed by atoms with van der Waals surface area (Å²) in [5.74, 6) is -0.194. The fraction of sp³-hybridized carbons (Fsp3) is 0.333. The molecule has 0 radical (unpaired) electrons. The Labute approximate surface area is 207 Å². The van der Waals surface area contributed by atoms with Crippen molar-refractivity contribution in [1.29, 1.82) is 5.41 Å². The molecule has 0 aromatic heterocycles. The van der Waals surface area contributed by atoms with Crippen LogP contribution in [0.5, 0.6) is 0 Å². The van der Waals surface area contributed by atoms with E-state index >= 15 is 0 Å². The Morgan fingerprint density at radius 3 is 2.34 bits per heavy atom. The molecule has 2 aliphatic rings. The minimum Gasteiger partial charge on any atom is -0.331 e. The zero-order chi connectivity index (χ0) is 24.9. The molecule has 0 spiro atoms. The van der Waals surface area contributed by atoms with Gasteiger partial charge in [-0.15, -0.1) is 0 Å². The Morgan fingerprint density at radius 1 is 0.971 bits per heavy atom. The Balaban J connectivity index is 0.00000141. The molecule has 0 saturated carbocycles. The normalized spacial score (nSPS) is 16.0. The van der Waals surface area contributed by atoms with E-state index < -0.39 is 0 Å². The lowest BCUT2D eigenvalue weighted by atomic mass is 9.96. The van der Waals surface area contributed by atoms with Crippen LogP contribution < -0.4 is 0 Å². The van der Waals surface area contributed by atoms with Gasteiger partial charge in [-0.3, -0.25) is 15.1 Å². The van der Waals surface area contributed by atoms with Gasteiger partial charge < -0.3 is 4.90 Å². The van der Waals surface area contributed by atoms with Crippen LogP contribution in [0.2, 0.25) is 0 Å². The highest BCUT2D eigenvalue weighted by Crippen LogP contribution is 2.29. The van der Waals surface area contributed by atoms with Gasteiger partial charge in [-0.25, -0.2) is 4.39 Å². The zero-order valence-corrected chi connectivity index (χ0v) is 20.9. The fourth-order valence-corrected chi connectivity index (χ4v) is 5.13. The van der Waals surface area contributed by atoms with Crippen LogP contribution in [0.25, 0.3) is 0 Å². The summed E-state index contributed by atoms with van der Waals surface area (Å²) in [6.07, 6.45) is 1.96. The number of carbonyl (C=O) groups excluding carboxylic acids is 1. The number of nitrogens with one attached hydrogen (secondary N) is 1. The summed E-state index contributed by atoms with van der Waals surface area (Å²) in [5, 5.41) is 8.46. The van der Waals surface area contributed by atoms with E-state index in [-0.39, 0.29) is 17.4 Å². The van der Waals surface area contributed by atoms with Gasteiger partial charge in [0.1, 0.15) is 5.82 Å². The zero-order valence-electron chi connectivity index (χ0n) is 20.9. The van der Waals surface area contributed by atoms with E-state index in [2.05, 4.69) is 21.9 Å². The Bertz CT molecular complexity index is 1210. The van der Waals surface area contributed by atoms with Gasteiger partial charge in [0.2, 0.25) is 0 Å². The summed E-state index contributed by atoms with van der Waals surface area (Å²) >= 11 is 0. The molecule has 5 rings (SSSR count). The molecule has 1 amide bonds. The number of fused-ring (bicyclic) bond motifs is 1. The summed E-state index contributed by atoms with van der Waals surface area (Å²) in [4.78, 5) is 17.3. The number of hydrogen-bond donors (Lipinski definition) is 1. The van der Waals surface area contributed by atoms with Crippen molar-refractivity contribution in [3.63, 3.8) is 0 Å². The van der Waals surface area contributed by atoms with Crippen molar-refractivity contribution >= 4 is 11.6 Å². The first kappa shape index (κ1) is 24.8. The van der Waals surface area contributed by atoms with Gasteiger partial charge in [-0.2, -0.15) is 0 Å². The number of halogens is 1. The van der Waals surface area contributed by atoms with Crippen molar-refractivity contribution in [3.8, 4) is 0 Å². The number of benzene rings is 3. The molecular weight excluding hydrogens is 437 g/mol. The molecule has 5 heteroatoms. The number of amides is 1. The number of hydrogen-bond acceptors (Lipinski definition) is 3. The monoisotopic (exact) mass is 471 g/mol. The minimum atomic E-state index is -0.367. The molecule has 182 valence electrons. The minimum absolute atomic E-state index is 0.174. The first-order chi connectivity index (χ1) is 17.0. The highest BCUT2D eigenvalue weighted by molar-refractivity contribution is 6.11. The average Bonchev–Trinajstić information content (AvgIpc) is 3.22. The third kappa shape index (κ3) is 5.20. The van der Waals surface area contributed by atoms with Gasteiger partial charge in [0.05, 0.1) is 5.71 Å². The van der Waals surface area contributed by atoms with Crippen LogP contribution in [0.3, 0.4) is 0 Å². The van der Waals surface area contributed by atoms with Crippen molar-refractivity contribution in [2.45, 2.75) is 52.7 Å². The van der Waals surface area contributed by atoms with E-state index in [4.69, 9.17) is 5.41 Å². The van der Waals surface area contributed by atoms with Crippen molar-refractivity contribution < 1.29 is 9.18 Å². The molecule has 0 aliphatic carbocycles. The Morgan fingerprint density at radius 2 is 1.66 bits per heavy atom. The van der Waals surface area contributed by atoms with Gasteiger partial charge in [-0.05, 0) is 54.7 Å². The highest BCUT2D eigenvalue weighted by Gasteiger charge is 2.34. The molecule has 0 atom stereocenters. The van der Waals surface area contributed by atoms with Crippen LogP contribution in [0.15, 0.2) is 66.7 Å². The second-order valence-corrected chi connectivity index (χ2v) is 9.10. The van der Waals surface area contributed by atoms with Gasteiger partial charge >= 0.3 is 0 Å². The SMILES string of the molecule is CC.Cc1cc(CN2CCC(N3Cc4ccccc4C3=O)CC2)ccc1C(=N)c1ccccc1F. The van der Waals surface area contributed by atoms with Crippen LogP contribution in [0, 0.1) is 18.2 Å². The highest BCUT2D eigenvalue weighted by atomic mass is 19.1. The van der Waals surface area contributed by atoms with Crippen molar-refractivity contribution in [1.82, 2.24) is 9.80 Å². The molecule has 1 fully saturated rings. The predicted octanol–water partition coefficient (Wildman–Crippen LogP) is 6.20. The summed E-state index contributed by atoms with van der Waals surface area (Å²) in [7, 11) is 0. The molecular formula is C30H34FN3O. The molecule has 0 bridgehead atoms. The molecule has 1 N–H and O–H groups in total. The molecule has 0 unspecified atom stereocenters. The number of likely N-dealkylation sites (tertiary alicyclic amines) is 1. The van der Waals surface area contributed by atoms with Crippen LogP contribution in [-0.2, 0) is 13.1 Å². The maximum absolute atomic E-state index is 14.1. The van der Waals surface area contributed by atoms with Crippen LogP contribution in [0.1, 0.15) is 64.9 Å². The van der Waals surface area contributed by atoms with Crippen molar-refractivity contribution in [3.05, 3.63) is 106 Å². The molecule has 2 heterocycles. The first-order valence-electron chi connectivity index (χ1n) is 12.6. The van der Waals surface area contributed by atoms with Gasteiger partial charge in [0.15, 0.2) is 0 Å². The van der Waals surface area contributed by atoms with Crippen molar-refractivity contribution in [2.24, 2.45) is 0 Å². The van der Waals surface area contributed by atoms with Crippen LogP contribution in [-0.4, -0.2) is 40.6 Å². The second kappa shape index (κ2) is 11.0. The van der Waals surface area contributed by atoms with E-state index in [9.17, 15) is 9.18 Å². The lowest BCUT2D eigenvalue weighted by Crippen LogP contribution is -2.44. The lowest BCUT2D eigenvalue weighted by molar-refractivity contribution is 0.0590. The first-order valence-corrected chi connectivity index (χ1v) is 12.6. The molecule has 1 saturated heterocycles. The van der Waals surface area contributed by atoms with Gasteiger partial charge in [0, 0.05) is 48.9 Å². The maximum Gasteiger partial charge on any atom is 0.254 e. The Kier molecular flexibility index (Phi) is 7.76. The Hall–Kier alpha value is -3.31. The fourth-order valence-electron chi connectivity index (χ4n) is 5.13. The van der Waals surface area contributed by atoms with Crippen molar-refractivity contribution in [2.75, 3.05) is 13.1 Å². The number of nitrogens with zero attached hydrogens (tertiary/aromatic N) is 2. The largest absolute Gasteiger partial charge is 0.331 e. The lowest BCUT2D eigenvalue weighted by Gasteiger charge is -2.36. The predicted molar refractivity (Wildman–Crippen MR) is 139 cm³/mol. The van der Waals surface area contributed by atoms with E-state index in [1.54, 1.807) is 18.2 Å². The van der Waals surface area contributed by atoms with E-state index in [0.29, 0.717) is 11.6 Å². The third-order valence-corrected chi connectivity index (χ3v) is 6.96. The molecule has 4 nitrogen and oxygen atoms in total. The average molecular weight is 472 g/mol. The third-order valence-electron chi connectivity index (χ3n) is 6.96. The van der Waals surface area contributed by atoms with E-state index in [1.807, 2.05) is 51.1 Å². The smallest absolute Gasteiger partial charge is 0.254 e. The number of rotatable bonds is 5. The standard InChI is InChI=1S/C28H28FN3O.C2H6/c1-19-16-20(10-11-23(19)27(30)25-8-4-5-9-26(25)29)17-31-14-12-22(13-15-31)32-18-21-6-2-3-7-24(21)28(32)33;1-2/h2-11,16,22,30H,12-15,17-18H2,1H3;1-2H3. The van der Waals surface area contributed by atoms with E-state index in [0.717, 1.165) is 61.3 Å². The summed E-state index contributed by atoms with van der Waals surface area (Å²) < 4.78 is 14.1. The van der Waals surface area contributed by atoms with Crippen LogP contribution >= 0.6 is 0 Å². The summed E-state index contributed by atoms with van der Waals surface area (Å²) in [6.45, 7) is 9.47. The summed E-state index contributed by atoms with van der Waals surface area (Å²) in [5.41, 5.74) is 5.48. The topological polar surface area (TPSA) is 47.4 Å². The number of piperidine rings is 1. The van der Waals surface area contributed by atoms with E-state index in [1.165, 1.54) is 11.6 Å². The molecule has 35 heavy (non-hydrogen) atoms. The second-order valence-electron chi connectivity index (χ2n) is 9.10. The van der Waals surface area contributed by atoms with Crippen LogP contribution in [0.4, 0.5) is 4.39 Å². The maximum atomic E-state index is 14.1.